The van der Waals surface area contributed by atoms with Gasteiger partial charge in [-0.05, 0) is 56.2 Å². The first kappa shape index (κ1) is 22.2. The molecule has 6 aromatic rings. The summed E-state index contributed by atoms with van der Waals surface area (Å²) in [5, 5.41) is 9.06. The molecule has 4 aliphatic rings. The van der Waals surface area contributed by atoms with Gasteiger partial charge in [0.2, 0.25) is 0 Å². The van der Waals surface area contributed by atoms with Crippen LogP contribution < -0.4 is 21.4 Å². The van der Waals surface area contributed by atoms with Crippen molar-refractivity contribution in [1.29, 1.82) is 0 Å². The molecule has 42 heavy (non-hydrogen) atoms. The summed E-state index contributed by atoms with van der Waals surface area (Å²) in [6.45, 7) is 0. The van der Waals surface area contributed by atoms with Crippen molar-refractivity contribution in [3.63, 3.8) is 0 Å². The first-order valence-corrected chi connectivity index (χ1v) is 14.3. The molecule has 0 saturated carbocycles. The largest absolute Gasteiger partial charge is 0.324 e. The van der Waals surface area contributed by atoms with E-state index in [-0.39, 0.29) is 18.0 Å². The van der Waals surface area contributed by atoms with Crippen molar-refractivity contribution in [3.8, 4) is 0 Å². The van der Waals surface area contributed by atoms with Crippen LogP contribution in [0.25, 0.3) is 44.5 Å². The number of benzene rings is 5. The third kappa shape index (κ3) is 3.12. The van der Waals surface area contributed by atoms with E-state index in [1.165, 1.54) is 10.4 Å². The second-order valence-corrected chi connectivity index (χ2v) is 11.4. The highest BCUT2D eigenvalue weighted by atomic mass is 15.2. The van der Waals surface area contributed by atoms with Gasteiger partial charge in [-0.1, -0.05) is 84.9 Å². The van der Waals surface area contributed by atoms with Crippen LogP contribution in [0.15, 0.2) is 122 Å². The van der Waals surface area contributed by atoms with Crippen molar-refractivity contribution in [1.82, 2.24) is 4.98 Å². The lowest BCUT2D eigenvalue weighted by Crippen LogP contribution is -2.35. The van der Waals surface area contributed by atoms with Gasteiger partial charge in [0.1, 0.15) is 16.8 Å². The Morgan fingerprint density at radius 1 is 0.524 bits per heavy atom. The molecule has 4 heterocycles. The van der Waals surface area contributed by atoms with Crippen molar-refractivity contribution in [2.75, 3.05) is 0 Å². The molecule has 6 nitrogen and oxygen atoms in total. The Labute approximate surface area is 239 Å². The summed E-state index contributed by atoms with van der Waals surface area (Å²) in [5.74, 6) is 2.17. The van der Waals surface area contributed by atoms with E-state index in [0.717, 1.165) is 60.3 Å². The number of nitrogens with one attached hydrogen (secondary N) is 1. The molecule has 0 radical (unpaired) electrons. The molecule has 0 spiro atoms. The van der Waals surface area contributed by atoms with Crippen LogP contribution in [-0.4, -0.2) is 28.7 Å². The second-order valence-electron chi connectivity index (χ2n) is 11.4. The minimum Gasteiger partial charge on any atom is -0.324 e. The zero-order valence-corrected chi connectivity index (χ0v) is 22.4. The Kier molecular flexibility index (Phi) is 4.26. The minimum absolute atomic E-state index is 0.00938. The zero-order valence-electron chi connectivity index (χ0n) is 22.4. The van der Waals surface area contributed by atoms with Gasteiger partial charge in [0.15, 0.2) is 17.8 Å². The molecule has 0 fully saturated rings. The number of aliphatic imine (C=N–C) groups is 3. The summed E-state index contributed by atoms with van der Waals surface area (Å²) in [4.78, 5) is 29.4. The van der Waals surface area contributed by atoms with E-state index in [4.69, 9.17) is 25.0 Å². The fraction of sp³-hybridized carbons (Fsp3) is 0.0833. The van der Waals surface area contributed by atoms with Crippen molar-refractivity contribution in [2.45, 2.75) is 6.17 Å². The molecule has 1 aliphatic carbocycles. The molecule has 10 rings (SSSR count). The molecule has 3 aliphatic heterocycles. The molecule has 5 aromatic carbocycles. The van der Waals surface area contributed by atoms with Gasteiger partial charge in [0.05, 0.1) is 0 Å². The van der Waals surface area contributed by atoms with Gasteiger partial charge in [-0.15, -0.1) is 0 Å². The van der Waals surface area contributed by atoms with Crippen LogP contribution >= 0.6 is 0 Å². The van der Waals surface area contributed by atoms with E-state index >= 15 is 0 Å². The van der Waals surface area contributed by atoms with Gasteiger partial charge in [0, 0.05) is 33.7 Å². The third-order valence-electron chi connectivity index (χ3n) is 8.96. The highest BCUT2D eigenvalue weighted by molar-refractivity contribution is 6.24. The van der Waals surface area contributed by atoms with Crippen LogP contribution in [0.3, 0.4) is 0 Å². The van der Waals surface area contributed by atoms with E-state index in [9.17, 15) is 0 Å². The zero-order chi connectivity index (χ0) is 27.4. The molecule has 6 bridgehead atoms. The van der Waals surface area contributed by atoms with Crippen LogP contribution in [0.1, 0.15) is 11.1 Å². The lowest BCUT2D eigenvalue weighted by molar-refractivity contribution is 0.552. The fourth-order valence-corrected chi connectivity index (χ4v) is 6.89. The van der Waals surface area contributed by atoms with Crippen LogP contribution in [0.4, 0.5) is 0 Å². The van der Waals surface area contributed by atoms with E-state index in [2.05, 4.69) is 114 Å². The van der Waals surface area contributed by atoms with Crippen molar-refractivity contribution in [2.24, 2.45) is 36.8 Å². The summed E-state index contributed by atoms with van der Waals surface area (Å²) in [6.07, 6.45) is 4.28. The van der Waals surface area contributed by atoms with Gasteiger partial charge in [-0.2, -0.15) is 0 Å². The maximum Gasteiger partial charge on any atom is 0.164 e. The van der Waals surface area contributed by atoms with Gasteiger partial charge < -0.3 is 4.98 Å². The number of amidine groups is 3. The molecule has 6 heteroatoms. The minimum atomic E-state index is -0.336. The Morgan fingerprint density at radius 3 is 1.79 bits per heavy atom. The fourth-order valence-electron chi connectivity index (χ4n) is 6.89. The number of fused-ring (bicyclic) bond motifs is 16. The molecule has 3 atom stereocenters. The number of H-pyrrole nitrogens is 1. The lowest BCUT2D eigenvalue weighted by Gasteiger charge is -2.19. The average Bonchev–Trinajstić information content (AvgIpc) is 3.65. The third-order valence-corrected chi connectivity index (χ3v) is 8.96. The van der Waals surface area contributed by atoms with Gasteiger partial charge in [-0.25, -0.2) is 25.0 Å². The van der Waals surface area contributed by atoms with Crippen molar-refractivity contribution < 1.29 is 0 Å². The average molecular weight is 539 g/mol. The monoisotopic (exact) mass is 538 g/mol. The van der Waals surface area contributed by atoms with E-state index in [1.807, 2.05) is 0 Å². The smallest absolute Gasteiger partial charge is 0.164 e. The number of aromatic nitrogens is 1. The lowest BCUT2D eigenvalue weighted by atomic mass is 9.86. The molecular weight excluding hydrogens is 516 g/mol. The van der Waals surface area contributed by atoms with E-state index < -0.39 is 0 Å². The molecule has 196 valence electrons. The van der Waals surface area contributed by atoms with Crippen LogP contribution in [0, 0.1) is 11.8 Å². The second kappa shape index (κ2) is 8.04. The molecule has 0 saturated heterocycles. The van der Waals surface area contributed by atoms with Gasteiger partial charge >= 0.3 is 0 Å². The maximum atomic E-state index is 5.23. The number of rotatable bonds is 0. The SMILES string of the molecule is C1=c2ccccc2=CC2C3N=C4N=C(N=c5[nH]c(c6cc7ccccc7cc56)=NC(=N3)C12)c1cc2ccccc2cc14. The van der Waals surface area contributed by atoms with Crippen LogP contribution in [-0.2, 0) is 0 Å². The predicted octanol–water partition coefficient (Wildman–Crippen LogP) is 4.18. The standard InChI is InChI=1S/C36H22N6/c1-2-8-20-14-26-25(13-19(20)7-1)31-37-32(26)41-34-29-17-23-11-5-6-12-24(23)18-30(29)36(39-34)42-35-28-16-22-10-4-3-9-21(22)15-27(28)33(38-35)40-31/h1-18,25-26,31H,(H,37,38,39,40,41,42). The Balaban J connectivity index is 1.33. The Hall–Kier alpha value is -5.49. The Bertz CT molecular complexity index is 2550. The molecule has 1 N–H and O–H groups in total. The summed E-state index contributed by atoms with van der Waals surface area (Å²) in [5.41, 5.74) is 3.48. The molecular formula is C36H22N6. The highest BCUT2D eigenvalue weighted by Gasteiger charge is 2.39. The number of hydrogen-bond acceptors (Lipinski definition) is 5. The van der Waals surface area contributed by atoms with E-state index in [0.29, 0.717) is 11.7 Å². The summed E-state index contributed by atoms with van der Waals surface area (Å²) < 4.78 is 0. The van der Waals surface area contributed by atoms with Crippen molar-refractivity contribution in [3.05, 3.63) is 130 Å². The summed E-state index contributed by atoms with van der Waals surface area (Å²) in [7, 11) is 0. The van der Waals surface area contributed by atoms with Gasteiger partial charge in [0.25, 0.3) is 0 Å². The summed E-state index contributed by atoms with van der Waals surface area (Å²) >= 11 is 0. The highest BCUT2D eigenvalue weighted by Crippen LogP contribution is 2.35. The topological polar surface area (TPSA) is 77.6 Å². The number of hydrogen-bond donors (Lipinski definition) is 1. The van der Waals surface area contributed by atoms with Crippen molar-refractivity contribution >= 4 is 62.0 Å². The quantitative estimate of drug-likeness (QED) is 0.301. The van der Waals surface area contributed by atoms with Crippen LogP contribution in [0.2, 0.25) is 0 Å². The molecule has 0 amide bonds. The first-order valence-electron chi connectivity index (χ1n) is 14.3. The normalized spacial score (nSPS) is 21.3. The molecule has 3 unspecified atom stereocenters. The number of nitrogens with zero attached hydrogens (tertiary/aromatic N) is 5. The van der Waals surface area contributed by atoms with Crippen LogP contribution in [0.5, 0.6) is 0 Å². The summed E-state index contributed by atoms with van der Waals surface area (Å²) in [6, 6.07) is 34.1. The number of aromatic amines is 1. The van der Waals surface area contributed by atoms with E-state index in [1.54, 1.807) is 0 Å². The molecule has 1 aromatic heterocycles. The maximum absolute atomic E-state index is 5.23. The Morgan fingerprint density at radius 2 is 1.10 bits per heavy atom. The first-order chi connectivity index (χ1) is 20.7. The van der Waals surface area contributed by atoms with Gasteiger partial charge in [-0.3, -0.25) is 0 Å². The predicted molar refractivity (Wildman–Crippen MR) is 168 cm³/mol.